The Morgan fingerprint density at radius 3 is 2.52 bits per heavy atom. The van der Waals surface area contributed by atoms with Gasteiger partial charge in [-0.1, -0.05) is 24.3 Å². The first-order valence-electron chi connectivity index (χ1n) is 6.99. The second-order valence-corrected chi connectivity index (χ2v) is 5.28. The van der Waals surface area contributed by atoms with Crippen molar-refractivity contribution >= 4 is 5.97 Å². The van der Waals surface area contributed by atoms with Gasteiger partial charge in [0.25, 0.3) is 0 Å². The summed E-state index contributed by atoms with van der Waals surface area (Å²) in [6.07, 6.45) is 1.87. The van der Waals surface area contributed by atoms with E-state index in [9.17, 15) is 4.79 Å². The SMILES string of the molecule is Cc1c(CNCc2ccc(C(C)C(=O)O)cc2)cnn1C. The minimum Gasteiger partial charge on any atom is -0.481 e. The lowest BCUT2D eigenvalue weighted by molar-refractivity contribution is -0.138. The van der Waals surface area contributed by atoms with Crippen LogP contribution in [0.25, 0.3) is 0 Å². The minimum absolute atomic E-state index is 0.468. The molecule has 0 spiro atoms. The van der Waals surface area contributed by atoms with Crippen molar-refractivity contribution in [3.63, 3.8) is 0 Å². The maximum atomic E-state index is 10.9. The van der Waals surface area contributed by atoms with Gasteiger partial charge in [-0.2, -0.15) is 5.10 Å². The first-order valence-corrected chi connectivity index (χ1v) is 6.99. The van der Waals surface area contributed by atoms with Crippen LogP contribution in [0.15, 0.2) is 30.5 Å². The highest BCUT2D eigenvalue weighted by atomic mass is 16.4. The molecule has 0 radical (unpaired) electrons. The quantitative estimate of drug-likeness (QED) is 0.855. The molecule has 5 nitrogen and oxygen atoms in total. The Kier molecular flexibility index (Phi) is 4.75. The van der Waals surface area contributed by atoms with Crippen molar-refractivity contribution in [1.29, 1.82) is 0 Å². The van der Waals surface area contributed by atoms with E-state index in [0.29, 0.717) is 0 Å². The maximum absolute atomic E-state index is 10.9. The lowest BCUT2D eigenvalue weighted by Gasteiger charge is -2.09. The monoisotopic (exact) mass is 287 g/mol. The van der Waals surface area contributed by atoms with Crippen molar-refractivity contribution in [2.24, 2.45) is 7.05 Å². The fourth-order valence-corrected chi connectivity index (χ4v) is 2.13. The van der Waals surface area contributed by atoms with Crippen LogP contribution in [0.1, 0.15) is 35.2 Å². The van der Waals surface area contributed by atoms with Gasteiger partial charge in [0, 0.05) is 31.4 Å². The zero-order valence-electron chi connectivity index (χ0n) is 12.6. The molecule has 0 fully saturated rings. The molecule has 2 N–H and O–H groups in total. The third-order valence-electron chi connectivity index (χ3n) is 3.83. The van der Waals surface area contributed by atoms with Crippen LogP contribution in [-0.4, -0.2) is 20.9 Å². The van der Waals surface area contributed by atoms with E-state index in [2.05, 4.69) is 10.4 Å². The summed E-state index contributed by atoms with van der Waals surface area (Å²) in [6, 6.07) is 7.70. The van der Waals surface area contributed by atoms with Crippen LogP contribution >= 0.6 is 0 Å². The number of carbonyl (C=O) groups is 1. The predicted molar refractivity (Wildman–Crippen MR) is 81.0 cm³/mol. The number of nitrogens with one attached hydrogen (secondary N) is 1. The molecule has 1 unspecified atom stereocenters. The molecule has 0 aliphatic rings. The Hall–Kier alpha value is -2.14. The molecule has 1 heterocycles. The predicted octanol–water partition coefficient (Wildman–Crippen LogP) is 2.21. The Balaban J connectivity index is 1.89. The van der Waals surface area contributed by atoms with Gasteiger partial charge in [-0.3, -0.25) is 9.48 Å². The van der Waals surface area contributed by atoms with Gasteiger partial charge in [0.2, 0.25) is 0 Å². The summed E-state index contributed by atoms with van der Waals surface area (Å²) >= 11 is 0. The third-order valence-corrected chi connectivity index (χ3v) is 3.83. The molecule has 1 aromatic heterocycles. The molecule has 0 aliphatic carbocycles. The highest BCUT2D eigenvalue weighted by Crippen LogP contribution is 2.16. The van der Waals surface area contributed by atoms with Crippen molar-refractivity contribution in [1.82, 2.24) is 15.1 Å². The average Bonchev–Trinajstić information content (AvgIpc) is 2.79. The Bertz CT molecular complexity index is 617. The van der Waals surface area contributed by atoms with Crippen LogP contribution < -0.4 is 5.32 Å². The zero-order chi connectivity index (χ0) is 15.4. The Labute approximate surface area is 124 Å². The molecule has 0 saturated heterocycles. The van der Waals surface area contributed by atoms with Crippen LogP contribution in [0.4, 0.5) is 0 Å². The number of hydrogen-bond donors (Lipinski definition) is 2. The molecule has 2 aromatic rings. The van der Waals surface area contributed by atoms with Gasteiger partial charge >= 0.3 is 5.97 Å². The highest BCUT2D eigenvalue weighted by Gasteiger charge is 2.12. The summed E-state index contributed by atoms with van der Waals surface area (Å²) in [4.78, 5) is 10.9. The van der Waals surface area contributed by atoms with Gasteiger partial charge in [-0.15, -0.1) is 0 Å². The molecular formula is C16H21N3O2. The summed E-state index contributed by atoms with van der Waals surface area (Å²) in [5.74, 6) is -1.27. The second kappa shape index (κ2) is 6.54. The largest absolute Gasteiger partial charge is 0.481 e. The van der Waals surface area contributed by atoms with E-state index in [1.54, 1.807) is 6.92 Å². The second-order valence-electron chi connectivity index (χ2n) is 5.28. The number of hydrogen-bond acceptors (Lipinski definition) is 3. The van der Waals surface area contributed by atoms with Gasteiger partial charge in [-0.25, -0.2) is 0 Å². The Morgan fingerprint density at radius 2 is 2.00 bits per heavy atom. The number of aryl methyl sites for hydroxylation is 1. The van der Waals surface area contributed by atoms with Crippen molar-refractivity contribution in [2.45, 2.75) is 32.9 Å². The summed E-state index contributed by atoms with van der Waals surface area (Å²) in [7, 11) is 1.93. The first kappa shape index (κ1) is 15.3. The van der Waals surface area contributed by atoms with Crippen LogP contribution in [0.5, 0.6) is 0 Å². The summed E-state index contributed by atoms with van der Waals surface area (Å²) in [5.41, 5.74) is 4.31. The molecule has 5 heteroatoms. The summed E-state index contributed by atoms with van der Waals surface area (Å²) in [5, 5.41) is 16.6. The first-order chi connectivity index (χ1) is 9.99. The average molecular weight is 287 g/mol. The van der Waals surface area contributed by atoms with E-state index in [4.69, 9.17) is 5.11 Å². The molecule has 2 rings (SSSR count). The van der Waals surface area contributed by atoms with E-state index >= 15 is 0 Å². The van der Waals surface area contributed by atoms with Gasteiger partial charge < -0.3 is 10.4 Å². The molecule has 1 atom stereocenters. The molecule has 1 aromatic carbocycles. The van der Waals surface area contributed by atoms with Crippen molar-refractivity contribution in [2.75, 3.05) is 0 Å². The van der Waals surface area contributed by atoms with E-state index in [1.807, 2.05) is 49.1 Å². The van der Waals surface area contributed by atoms with Gasteiger partial charge in [0.05, 0.1) is 12.1 Å². The fourth-order valence-electron chi connectivity index (χ4n) is 2.13. The Morgan fingerprint density at radius 1 is 1.33 bits per heavy atom. The smallest absolute Gasteiger partial charge is 0.310 e. The van der Waals surface area contributed by atoms with Crippen molar-refractivity contribution < 1.29 is 9.90 Å². The summed E-state index contributed by atoms with van der Waals surface area (Å²) < 4.78 is 1.86. The number of carboxylic acid groups (broad SMARTS) is 1. The summed E-state index contributed by atoms with van der Waals surface area (Å²) in [6.45, 7) is 5.26. The van der Waals surface area contributed by atoms with Crippen LogP contribution in [0, 0.1) is 6.92 Å². The maximum Gasteiger partial charge on any atom is 0.310 e. The minimum atomic E-state index is -0.798. The number of rotatable bonds is 6. The molecule has 21 heavy (non-hydrogen) atoms. The molecule has 0 amide bonds. The van der Waals surface area contributed by atoms with Crippen LogP contribution in [0.3, 0.4) is 0 Å². The molecular weight excluding hydrogens is 266 g/mol. The normalized spacial score (nSPS) is 12.3. The number of nitrogens with zero attached hydrogens (tertiary/aromatic N) is 2. The van der Waals surface area contributed by atoms with E-state index < -0.39 is 11.9 Å². The standard InChI is InChI=1S/C16H21N3O2/c1-11(16(20)21)14-6-4-13(5-7-14)8-17-9-15-10-18-19(3)12(15)2/h4-7,10-11,17H,8-9H2,1-3H3,(H,20,21). The number of aromatic nitrogens is 2. The van der Waals surface area contributed by atoms with E-state index in [0.717, 1.165) is 29.9 Å². The molecule has 0 bridgehead atoms. The molecule has 0 aliphatic heterocycles. The number of benzene rings is 1. The van der Waals surface area contributed by atoms with E-state index in [-0.39, 0.29) is 0 Å². The lowest BCUT2D eigenvalue weighted by Crippen LogP contribution is -2.13. The number of aliphatic carboxylic acids is 1. The van der Waals surface area contributed by atoms with E-state index in [1.165, 1.54) is 5.56 Å². The van der Waals surface area contributed by atoms with Gasteiger partial charge in [0.1, 0.15) is 0 Å². The number of carboxylic acids is 1. The lowest BCUT2D eigenvalue weighted by atomic mass is 10.00. The van der Waals surface area contributed by atoms with Crippen molar-refractivity contribution in [3.05, 3.63) is 52.8 Å². The van der Waals surface area contributed by atoms with Crippen LogP contribution in [0.2, 0.25) is 0 Å². The van der Waals surface area contributed by atoms with Crippen molar-refractivity contribution in [3.8, 4) is 0 Å². The van der Waals surface area contributed by atoms with Gasteiger partial charge in [-0.05, 0) is 25.0 Å². The van der Waals surface area contributed by atoms with Crippen LogP contribution in [-0.2, 0) is 24.9 Å². The van der Waals surface area contributed by atoms with Gasteiger partial charge in [0.15, 0.2) is 0 Å². The molecule has 0 saturated carbocycles. The zero-order valence-corrected chi connectivity index (χ0v) is 12.6. The third kappa shape index (κ3) is 3.70. The topological polar surface area (TPSA) is 67.2 Å². The molecule has 112 valence electrons. The fraction of sp³-hybridized carbons (Fsp3) is 0.375. The highest BCUT2D eigenvalue weighted by molar-refractivity contribution is 5.75.